The summed E-state index contributed by atoms with van der Waals surface area (Å²) in [6, 6.07) is 0. The third-order valence-electron chi connectivity index (χ3n) is 3.53. The molecule has 0 aromatic carbocycles. The van der Waals surface area contributed by atoms with Gasteiger partial charge in [-0.3, -0.25) is 4.79 Å². The topological polar surface area (TPSA) is 54.5 Å². The van der Waals surface area contributed by atoms with Gasteiger partial charge in [0.2, 0.25) is 5.91 Å². The molecule has 0 aromatic heterocycles. The lowest BCUT2D eigenvalue weighted by Gasteiger charge is -2.19. The summed E-state index contributed by atoms with van der Waals surface area (Å²) in [5, 5.41) is -0.188. The van der Waals surface area contributed by atoms with Crippen molar-refractivity contribution in [2.45, 2.75) is 51.2 Å². The molecule has 0 spiro atoms. The molecule has 0 heterocycles. The molecule has 1 aliphatic carbocycles. The van der Waals surface area contributed by atoms with E-state index in [0.29, 0.717) is 13.1 Å². The molecule has 100 valence electrons. The van der Waals surface area contributed by atoms with E-state index in [1.54, 1.807) is 4.90 Å². The monoisotopic (exact) mass is 261 g/mol. The van der Waals surface area contributed by atoms with E-state index in [9.17, 15) is 13.2 Å². The zero-order valence-corrected chi connectivity index (χ0v) is 11.6. The summed E-state index contributed by atoms with van der Waals surface area (Å²) in [5.41, 5.74) is 0. The molecule has 1 rings (SSSR count). The van der Waals surface area contributed by atoms with E-state index >= 15 is 0 Å². The van der Waals surface area contributed by atoms with Crippen molar-refractivity contribution in [2.75, 3.05) is 18.8 Å². The number of amides is 1. The number of sulfone groups is 1. The maximum Gasteiger partial charge on any atom is 0.223 e. The van der Waals surface area contributed by atoms with E-state index in [2.05, 4.69) is 0 Å². The largest absolute Gasteiger partial charge is 0.343 e. The summed E-state index contributed by atoms with van der Waals surface area (Å²) >= 11 is 0. The summed E-state index contributed by atoms with van der Waals surface area (Å²) in [4.78, 5) is 13.4. The normalized spacial score (nSPS) is 17.3. The summed E-state index contributed by atoms with van der Waals surface area (Å²) in [7, 11) is -3.05. The summed E-state index contributed by atoms with van der Waals surface area (Å²) < 4.78 is 23.9. The Labute approximate surface area is 104 Å². The van der Waals surface area contributed by atoms with E-state index in [4.69, 9.17) is 0 Å². The van der Waals surface area contributed by atoms with Crippen LogP contribution in [0.2, 0.25) is 0 Å². The fraction of sp³-hybridized carbons (Fsp3) is 0.917. The first-order chi connectivity index (χ1) is 8.01. The van der Waals surface area contributed by atoms with E-state index in [0.717, 1.165) is 25.7 Å². The van der Waals surface area contributed by atoms with Crippen molar-refractivity contribution in [1.82, 2.24) is 4.90 Å². The van der Waals surface area contributed by atoms with Gasteiger partial charge < -0.3 is 4.90 Å². The quantitative estimate of drug-likeness (QED) is 0.730. The van der Waals surface area contributed by atoms with Crippen LogP contribution in [0.3, 0.4) is 0 Å². The molecule has 1 saturated carbocycles. The second-order valence-electron chi connectivity index (χ2n) is 4.59. The molecule has 1 aliphatic rings. The highest BCUT2D eigenvalue weighted by Crippen LogP contribution is 2.25. The number of rotatable bonds is 6. The Morgan fingerprint density at radius 3 is 2.18 bits per heavy atom. The van der Waals surface area contributed by atoms with Crippen molar-refractivity contribution >= 4 is 15.7 Å². The van der Waals surface area contributed by atoms with Crippen LogP contribution in [0.1, 0.15) is 46.0 Å². The Morgan fingerprint density at radius 2 is 1.71 bits per heavy atom. The minimum atomic E-state index is -3.05. The van der Waals surface area contributed by atoms with Crippen molar-refractivity contribution < 1.29 is 13.2 Å². The van der Waals surface area contributed by atoms with Gasteiger partial charge in [0, 0.05) is 19.5 Å². The van der Waals surface area contributed by atoms with Crippen LogP contribution >= 0.6 is 0 Å². The third-order valence-corrected chi connectivity index (χ3v) is 5.79. The van der Waals surface area contributed by atoms with Crippen molar-refractivity contribution in [1.29, 1.82) is 0 Å². The molecule has 0 radical (unpaired) electrons. The molecule has 0 atom stereocenters. The van der Waals surface area contributed by atoms with Gasteiger partial charge in [0.15, 0.2) is 9.84 Å². The molecule has 0 N–H and O–H groups in total. The van der Waals surface area contributed by atoms with Crippen molar-refractivity contribution in [3.8, 4) is 0 Å². The van der Waals surface area contributed by atoms with E-state index < -0.39 is 9.84 Å². The molecular formula is C12H23NO3S. The van der Waals surface area contributed by atoms with Crippen LogP contribution in [0.15, 0.2) is 0 Å². The maximum absolute atomic E-state index is 12.0. The molecule has 0 aromatic rings. The highest BCUT2D eigenvalue weighted by Gasteiger charge is 2.29. The minimum Gasteiger partial charge on any atom is -0.343 e. The first-order valence-corrected chi connectivity index (χ1v) is 8.22. The molecular weight excluding hydrogens is 238 g/mol. The molecule has 0 bridgehead atoms. The van der Waals surface area contributed by atoms with Crippen LogP contribution in [0, 0.1) is 0 Å². The number of carbonyl (C=O) groups is 1. The fourth-order valence-electron chi connectivity index (χ4n) is 2.38. The summed E-state index contributed by atoms with van der Waals surface area (Å²) in [6.45, 7) is 5.12. The molecule has 1 fully saturated rings. The number of hydrogen-bond acceptors (Lipinski definition) is 3. The molecule has 5 heteroatoms. The number of carbonyl (C=O) groups excluding carboxylic acids is 1. The van der Waals surface area contributed by atoms with Crippen molar-refractivity contribution in [2.24, 2.45) is 0 Å². The van der Waals surface area contributed by atoms with Gasteiger partial charge >= 0.3 is 0 Å². The Morgan fingerprint density at radius 1 is 1.18 bits per heavy atom. The van der Waals surface area contributed by atoms with Gasteiger partial charge in [-0.1, -0.05) is 12.8 Å². The Bertz CT molecular complexity index is 341. The summed E-state index contributed by atoms with van der Waals surface area (Å²) in [5.74, 6) is -0.0240. The number of nitrogens with zero attached hydrogens (tertiary/aromatic N) is 1. The molecule has 0 unspecified atom stereocenters. The van der Waals surface area contributed by atoms with Crippen LogP contribution in [0.25, 0.3) is 0 Å². The van der Waals surface area contributed by atoms with E-state index in [-0.39, 0.29) is 23.3 Å². The SMILES string of the molecule is CCN(CC)C(=O)CCS(=O)(=O)C1CCCC1. The highest BCUT2D eigenvalue weighted by molar-refractivity contribution is 7.92. The lowest BCUT2D eigenvalue weighted by molar-refractivity contribution is -0.130. The Hall–Kier alpha value is -0.580. The molecule has 17 heavy (non-hydrogen) atoms. The third kappa shape index (κ3) is 3.98. The predicted molar refractivity (Wildman–Crippen MR) is 68.6 cm³/mol. The van der Waals surface area contributed by atoms with Gasteiger partial charge in [0.25, 0.3) is 0 Å². The molecule has 4 nitrogen and oxygen atoms in total. The van der Waals surface area contributed by atoms with Crippen LogP contribution in [0.5, 0.6) is 0 Å². The fourth-order valence-corrected chi connectivity index (χ4v) is 4.22. The van der Waals surface area contributed by atoms with Gasteiger partial charge in [-0.2, -0.15) is 0 Å². The van der Waals surface area contributed by atoms with Crippen LogP contribution in [-0.2, 0) is 14.6 Å². The van der Waals surface area contributed by atoms with Gasteiger partial charge in [0.05, 0.1) is 11.0 Å². The highest BCUT2D eigenvalue weighted by atomic mass is 32.2. The average molecular weight is 261 g/mol. The second-order valence-corrected chi connectivity index (χ2v) is 6.99. The molecule has 0 aliphatic heterocycles. The van der Waals surface area contributed by atoms with Gasteiger partial charge in [-0.15, -0.1) is 0 Å². The minimum absolute atomic E-state index is 0.0208. The summed E-state index contributed by atoms with van der Waals surface area (Å²) in [6.07, 6.45) is 3.71. The lowest BCUT2D eigenvalue weighted by Crippen LogP contribution is -2.33. The zero-order chi connectivity index (χ0) is 12.9. The zero-order valence-electron chi connectivity index (χ0n) is 10.8. The van der Waals surface area contributed by atoms with E-state index in [1.807, 2.05) is 13.8 Å². The first kappa shape index (κ1) is 14.5. The van der Waals surface area contributed by atoms with Crippen LogP contribution < -0.4 is 0 Å². The van der Waals surface area contributed by atoms with Crippen LogP contribution in [0.4, 0.5) is 0 Å². The number of hydrogen-bond donors (Lipinski definition) is 0. The standard InChI is InChI=1S/C12H23NO3S/c1-3-13(4-2)12(14)9-10-17(15,16)11-7-5-6-8-11/h11H,3-10H2,1-2H3. The smallest absolute Gasteiger partial charge is 0.223 e. The maximum atomic E-state index is 12.0. The average Bonchev–Trinajstić information content (AvgIpc) is 2.82. The Balaban J connectivity index is 2.46. The van der Waals surface area contributed by atoms with Gasteiger partial charge in [-0.05, 0) is 26.7 Å². The van der Waals surface area contributed by atoms with Crippen molar-refractivity contribution in [3.63, 3.8) is 0 Å². The van der Waals surface area contributed by atoms with E-state index in [1.165, 1.54) is 0 Å². The predicted octanol–water partition coefficient (Wildman–Crippen LogP) is 1.60. The van der Waals surface area contributed by atoms with Crippen molar-refractivity contribution in [3.05, 3.63) is 0 Å². The van der Waals surface area contributed by atoms with Gasteiger partial charge in [-0.25, -0.2) is 8.42 Å². The lowest BCUT2D eigenvalue weighted by atomic mass is 10.4. The first-order valence-electron chi connectivity index (χ1n) is 6.50. The Kier molecular flexibility index (Phi) is 5.43. The van der Waals surface area contributed by atoms with Crippen LogP contribution in [-0.4, -0.2) is 43.3 Å². The molecule has 0 saturated heterocycles. The molecule has 1 amide bonds. The second kappa shape index (κ2) is 6.38. The van der Waals surface area contributed by atoms with Gasteiger partial charge in [0.1, 0.15) is 0 Å².